The molecular formula is C19H19N5O. The average molecular weight is 333 g/mol. The van der Waals surface area contributed by atoms with Gasteiger partial charge in [0.05, 0.1) is 6.20 Å². The molecule has 0 bridgehead atoms. The molecule has 1 aromatic heterocycles. The minimum Gasteiger partial charge on any atom is -0.353 e. The van der Waals surface area contributed by atoms with Crippen molar-refractivity contribution in [2.75, 3.05) is 17.2 Å². The van der Waals surface area contributed by atoms with Crippen LogP contribution in [0.15, 0.2) is 60.8 Å². The van der Waals surface area contributed by atoms with Gasteiger partial charge < -0.3 is 10.6 Å². The molecule has 0 atom stereocenters. The van der Waals surface area contributed by atoms with E-state index in [-0.39, 0.29) is 5.78 Å². The van der Waals surface area contributed by atoms with Crippen molar-refractivity contribution in [2.24, 2.45) is 0 Å². The summed E-state index contributed by atoms with van der Waals surface area (Å²) in [4.78, 5) is 15.7. The molecule has 0 spiro atoms. The number of hydrogen-bond acceptors (Lipinski definition) is 6. The van der Waals surface area contributed by atoms with Crippen molar-refractivity contribution >= 4 is 23.2 Å². The Balaban J connectivity index is 1.58. The Morgan fingerprint density at radius 2 is 1.80 bits per heavy atom. The Bertz CT molecular complexity index is 834. The van der Waals surface area contributed by atoms with Gasteiger partial charge in [0.15, 0.2) is 11.6 Å². The minimum atomic E-state index is 0.0418. The van der Waals surface area contributed by atoms with Crippen LogP contribution in [0.1, 0.15) is 22.8 Å². The predicted octanol–water partition coefficient (Wildman–Crippen LogP) is 3.47. The third-order valence-corrected chi connectivity index (χ3v) is 3.66. The maximum atomic E-state index is 11.3. The zero-order valence-corrected chi connectivity index (χ0v) is 13.9. The first-order valence-corrected chi connectivity index (χ1v) is 8.06. The van der Waals surface area contributed by atoms with Crippen molar-refractivity contribution in [3.8, 4) is 0 Å². The minimum absolute atomic E-state index is 0.0418. The number of ketones is 1. The number of carbonyl (C=O) groups is 1. The van der Waals surface area contributed by atoms with E-state index in [1.165, 1.54) is 5.56 Å². The molecule has 0 radical (unpaired) electrons. The lowest BCUT2D eigenvalue weighted by Gasteiger charge is -2.08. The number of Topliss-reactive ketones (excluding diaryl/α,β-unsaturated/α-hetero) is 1. The molecule has 126 valence electrons. The molecule has 0 aliphatic heterocycles. The van der Waals surface area contributed by atoms with Gasteiger partial charge in [-0.15, -0.1) is 5.10 Å². The molecule has 0 unspecified atom stereocenters. The van der Waals surface area contributed by atoms with E-state index in [1.807, 2.05) is 30.3 Å². The van der Waals surface area contributed by atoms with Crippen LogP contribution in [0.4, 0.5) is 17.5 Å². The highest BCUT2D eigenvalue weighted by Crippen LogP contribution is 2.15. The Hall–Kier alpha value is -3.28. The fraction of sp³-hybridized carbons (Fsp3) is 0.158. The predicted molar refractivity (Wildman–Crippen MR) is 98.2 cm³/mol. The Morgan fingerprint density at radius 3 is 2.52 bits per heavy atom. The first-order valence-electron chi connectivity index (χ1n) is 8.06. The highest BCUT2D eigenvalue weighted by molar-refractivity contribution is 5.94. The standard InChI is InChI=1S/C19H19N5O/c1-14(25)16-7-9-17(10-8-16)22-18-13-21-24-19(23-18)20-12-11-15-5-3-2-4-6-15/h2-10,13H,11-12H2,1H3,(H2,20,22,23,24). The number of hydrogen-bond donors (Lipinski definition) is 2. The van der Waals surface area contributed by atoms with Crippen LogP contribution in [-0.4, -0.2) is 27.5 Å². The number of nitrogens with one attached hydrogen (secondary N) is 2. The fourth-order valence-electron chi connectivity index (χ4n) is 2.34. The largest absolute Gasteiger partial charge is 0.353 e. The smallest absolute Gasteiger partial charge is 0.244 e. The summed E-state index contributed by atoms with van der Waals surface area (Å²) in [5, 5.41) is 14.3. The van der Waals surface area contributed by atoms with Gasteiger partial charge in [0.1, 0.15) is 0 Å². The molecule has 3 aromatic rings. The fourth-order valence-corrected chi connectivity index (χ4v) is 2.34. The monoisotopic (exact) mass is 333 g/mol. The highest BCUT2D eigenvalue weighted by Gasteiger charge is 2.03. The van der Waals surface area contributed by atoms with Crippen LogP contribution in [0.2, 0.25) is 0 Å². The van der Waals surface area contributed by atoms with Gasteiger partial charge in [-0.25, -0.2) is 0 Å². The van der Waals surface area contributed by atoms with Crippen LogP contribution in [0.3, 0.4) is 0 Å². The number of aromatic nitrogens is 3. The molecule has 2 aromatic carbocycles. The highest BCUT2D eigenvalue weighted by atomic mass is 16.1. The quantitative estimate of drug-likeness (QED) is 0.645. The second-order valence-electron chi connectivity index (χ2n) is 5.59. The second-order valence-corrected chi connectivity index (χ2v) is 5.59. The van der Waals surface area contributed by atoms with Crippen LogP contribution in [0.25, 0.3) is 0 Å². The lowest BCUT2D eigenvalue weighted by molar-refractivity contribution is 0.101. The van der Waals surface area contributed by atoms with E-state index in [0.29, 0.717) is 17.3 Å². The molecule has 0 aliphatic rings. The molecule has 0 fully saturated rings. The molecule has 1 heterocycles. The molecule has 0 saturated carbocycles. The summed E-state index contributed by atoms with van der Waals surface area (Å²) in [7, 11) is 0. The van der Waals surface area contributed by atoms with E-state index in [0.717, 1.165) is 18.7 Å². The van der Waals surface area contributed by atoms with Gasteiger partial charge >= 0.3 is 0 Å². The number of anilines is 3. The zero-order chi connectivity index (χ0) is 17.5. The summed E-state index contributed by atoms with van der Waals surface area (Å²) in [5.41, 5.74) is 2.76. The van der Waals surface area contributed by atoms with Crippen LogP contribution >= 0.6 is 0 Å². The summed E-state index contributed by atoms with van der Waals surface area (Å²) in [6.07, 6.45) is 2.44. The summed E-state index contributed by atoms with van der Waals surface area (Å²) in [6.45, 7) is 2.27. The van der Waals surface area contributed by atoms with Gasteiger partial charge in [-0.2, -0.15) is 10.1 Å². The first-order chi connectivity index (χ1) is 12.2. The molecule has 3 rings (SSSR count). The number of nitrogens with zero attached hydrogens (tertiary/aromatic N) is 3. The molecule has 0 aliphatic carbocycles. The van der Waals surface area contributed by atoms with Gasteiger partial charge in [-0.3, -0.25) is 4.79 Å². The first kappa shape index (κ1) is 16.6. The van der Waals surface area contributed by atoms with Gasteiger partial charge in [-0.1, -0.05) is 30.3 Å². The lowest BCUT2D eigenvalue weighted by Crippen LogP contribution is -2.09. The third kappa shape index (κ3) is 4.84. The van der Waals surface area contributed by atoms with E-state index < -0.39 is 0 Å². The molecule has 2 N–H and O–H groups in total. The topological polar surface area (TPSA) is 79.8 Å². The van der Waals surface area contributed by atoms with Gasteiger partial charge in [0.2, 0.25) is 5.95 Å². The van der Waals surface area contributed by atoms with Crippen LogP contribution < -0.4 is 10.6 Å². The normalized spacial score (nSPS) is 10.3. The van der Waals surface area contributed by atoms with Crippen LogP contribution in [0.5, 0.6) is 0 Å². The van der Waals surface area contributed by atoms with Crippen molar-refractivity contribution in [1.82, 2.24) is 15.2 Å². The number of carbonyl (C=O) groups excluding carboxylic acids is 1. The maximum Gasteiger partial charge on any atom is 0.244 e. The summed E-state index contributed by atoms with van der Waals surface area (Å²) < 4.78 is 0. The third-order valence-electron chi connectivity index (χ3n) is 3.66. The molecule has 6 heteroatoms. The molecule has 0 amide bonds. The molecule has 25 heavy (non-hydrogen) atoms. The lowest BCUT2D eigenvalue weighted by atomic mass is 10.1. The van der Waals surface area contributed by atoms with Gasteiger partial charge in [0, 0.05) is 17.8 Å². The van der Waals surface area contributed by atoms with Gasteiger partial charge in [-0.05, 0) is 43.2 Å². The SMILES string of the molecule is CC(=O)c1ccc(Nc2cnnc(NCCc3ccccc3)n2)cc1. The molecule has 6 nitrogen and oxygen atoms in total. The Labute approximate surface area is 146 Å². The van der Waals surface area contributed by atoms with Crippen molar-refractivity contribution in [1.29, 1.82) is 0 Å². The van der Waals surface area contributed by atoms with E-state index in [9.17, 15) is 4.79 Å². The second kappa shape index (κ2) is 8.01. The van der Waals surface area contributed by atoms with Crippen molar-refractivity contribution in [3.63, 3.8) is 0 Å². The van der Waals surface area contributed by atoms with E-state index in [4.69, 9.17) is 0 Å². The Kier molecular flexibility index (Phi) is 5.31. The number of benzene rings is 2. The molecule has 0 saturated heterocycles. The molecular weight excluding hydrogens is 314 g/mol. The number of rotatable bonds is 7. The zero-order valence-electron chi connectivity index (χ0n) is 13.9. The van der Waals surface area contributed by atoms with Crippen molar-refractivity contribution in [3.05, 3.63) is 71.9 Å². The van der Waals surface area contributed by atoms with Crippen molar-refractivity contribution in [2.45, 2.75) is 13.3 Å². The van der Waals surface area contributed by atoms with E-state index >= 15 is 0 Å². The van der Waals surface area contributed by atoms with E-state index in [1.54, 1.807) is 25.3 Å². The summed E-state index contributed by atoms with van der Waals surface area (Å²) in [5.74, 6) is 1.11. The van der Waals surface area contributed by atoms with Gasteiger partial charge in [0.25, 0.3) is 0 Å². The van der Waals surface area contributed by atoms with Crippen LogP contribution in [0, 0.1) is 0 Å². The average Bonchev–Trinajstić information content (AvgIpc) is 2.63. The maximum absolute atomic E-state index is 11.3. The van der Waals surface area contributed by atoms with Crippen LogP contribution in [-0.2, 0) is 6.42 Å². The summed E-state index contributed by atoms with van der Waals surface area (Å²) in [6, 6.07) is 17.4. The van der Waals surface area contributed by atoms with E-state index in [2.05, 4.69) is 37.9 Å². The Morgan fingerprint density at radius 1 is 1.04 bits per heavy atom. The summed E-state index contributed by atoms with van der Waals surface area (Å²) >= 11 is 0. The van der Waals surface area contributed by atoms with Crippen molar-refractivity contribution < 1.29 is 4.79 Å².